The largest absolute Gasteiger partial charge is 0.416 e. The van der Waals surface area contributed by atoms with Crippen molar-refractivity contribution in [1.82, 2.24) is 5.32 Å². The maximum Gasteiger partial charge on any atom is 0.416 e. The van der Waals surface area contributed by atoms with E-state index in [2.05, 4.69) is 10.6 Å². The number of aryl methyl sites for hydroxylation is 1. The van der Waals surface area contributed by atoms with Crippen LogP contribution in [0.15, 0.2) is 41.3 Å². The molecule has 0 fully saturated rings. The predicted molar refractivity (Wildman–Crippen MR) is 94.8 cm³/mol. The Morgan fingerprint density at radius 2 is 1.61 bits per heavy atom. The molecule has 154 valence electrons. The lowest BCUT2D eigenvalue weighted by molar-refractivity contribution is -0.137. The van der Waals surface area contributed by atoms with Gasteiger partial charge in [0.25, 0.3) is 0 Å². The molecule has 0 aliphatic heterocycles. The molecule has 2 N–H and O–H groups in total. The van der Waals surface area contributed by atoms with Crippen molar-refractivity contribution >= 4 is 17.4 Å². The second-order valence-electron chi connectivity index (χ2n) is 5.99. The van der Waals surface area contributed by atoms with Crippen LogP contribution in [-0.4, -0.2) is 19.0 Å². The normalized spacial score (nSPS) is 13.5. The van der Waals surface area contributed by atoms with E-state index in [0.29, 0.717) is 22.9 Å². The molecule has 10 heteroatoms. The van der Waals surface area contributed by atoms with E-state index in [1.807, 2.05) is 0 Å². The number of hydrogen-bond acceptors (Lipinski definition) is 3. The molecule has 2 aromatic rings. The molecule has 0 aliphatic rings. The summed E-state index contributed by atoms with van der Waals surface area (Å²) in [6, 6.07) is 6.65. The Morgan fingerprint density at radius 3 is 2.11 bits per heavy atom. The summed E-state index contributed by atoms with van der Waals surface area (Å²) < 4.78 is 89.7. The minimum absolute atomic E-state index is 0.0606. The van der Waals surface area contributed by atoms with Crippen molar-refractivity contribution in [3.8, 4) is 0 Å². The zero-order valence-corrected chi connectivity index (χ0v) is 15.6. The molecule has 28 heavy (non-hydrogen) atoms. The summed E-state index contributed by atoms with van der Waals surface area (Å²) in [5.41, 5.74) is -0.124. The smallest absolute Gasteiger partial charge is 0.364 e. The zero-order valence-electron chi connectivity index (χ0n) is 14.8. The van der Waals surface area contributed by atoms with Gasteiger partial charge < -0.3 is 5.32 Å². The van der Waals surface area contributed by atoms with Crippen molar-refractivity contribution in [3.05, 3.63) is 58.9 Å². The van der Waals surface area contributed by atoms with Crippen molar-refractivity contribution in [2.75, 3.05) is 18.1 Å². The molecule has 0 aromatic heterocycles. The van der Waals surface area contributed by atoms with Crippen LogP contribution in [0.4, 0.5) is 36.4 Å². The summed E-state index contributed by atoms with van der Waals surface area (Å²) >= 11 is 0.535. The first-order valence-electron chi connectivity index (χ1n) is 8.01. The molecule has 0 saturated heterocycles. The first kappa shape index (κ1) is 22.4. The molecule has 0 spiro atoms. The van der Waals surface area contributed by atoms with Gasteiger partial charge in [-0.2, -0.15) is 26.3 Å². The fourth-order valence-corrected chi connectivity index (χ4v) is 3.23. The Bertz CT molecular complexity index is 801. The third-order valence-electron chi connectivity index (χ3n) is 3.82. The second-order valence-corrected chi connectivity index (χ2v) is 7.00. The molecule has 0 amide bonds. The molecule has 0 heterocycles. The average molecular weight is 426 g/mol. The van der Waals surface area contributed by atoms with E-state index in [4.69, 9.17) is 0 Å². The highest BCUT2D eigenvalue weighted by atomic mass is 32.2. The van der Waals surface area contributed by atoms with Gasteiger partial charge in [0, 0.05) is 4.90 Å². The second kappa shape index (κ2) is 8.60. The Labute approximate surface area is 161 Å². The lowest BCUT2D eigenvalue weighted by Crippen LogP contribution is -2.25. The van der Waals surface area contributed by atoms with Gasteiger partial charge in [-0.15, -0.1) is 11.8 Å². The van der Waals surface area contributed by atoms with Crippen LogP contribution in [0.25, 0.3) is 0 Å². The Kier molecular flexibility index (Phi) is 6.87. The van der Waals surface area contributed by atoms with Crippen molar-refractivity contribution < 1.29 is 30.7 Å². The van der Waals surface area contributed by atoms with Crippen LogP contribution in [0.5, 0.6) is 0 Å². The molecule has 2 aromatic carbocycles. The van der Waals surface area contributed by atoms with Gasteiger partial charge in [0.2, 0.25) is 0 Å². The highest BCUT2D eigenvalue weighted by Crippen LogP contribution is 2.34. The summed E-state index contributed by atoms with van der Waals surface area (Å²) in [5, 5.41) is 5.57. The van der Waals surface area contributed by atoms with Gasteiger partial charge in [-0.1, -0.05) is 12.1 Å². The molecule has 1 atom stereocenters. The van der Waals surface area contributed by atoms with Crippen LogP contribution < -0.4 is 10.6 Å². The third kappa shape index (κ3) is 6.03. The van der Waals surface area contributed by atoms with Crippen LogP contribution >= 0.6 is 11.8 Å². The quantitative estimate of drug-likeness (QED) is 0.330. The third-order valence-corrected chi connectivity index (χ3v) is 5.04. The number of nitrogens with one attached hydrogen (secondary N) is 2. The average Bonchev–Trinajstić information content (AvgIpc) is 2.59. The minimum atomic E-state index is -4.48. The van der Waals surface area contributed by atoms with Gasteiger partial charge in [-0.25, -0.2) is 4.39 Å². The summed E-state index contributed by atoms with van der Waals surface area (Å²) in [6.07, 6.45) is -9.60. The molecule has 2 nitrogen and oxygen atoms in total. The van der Waals surface area contributed by atoms with Crippen LogP contribution in [0, 0.1) is 12.7 Å². The van der Waals surface area contributed by atoms with E-state index in [1.54, 1.807) is 0 Å². The molecule has 0 radical (unpaired) electrons. The maximum atomic E-state index is 14.3. The van der Waals surface area contributed by atoms with E-state index in [1.165, 1.54) is 32.2 Å². The van der Waals surface area contributed by atoms with Crippen LogP contribution in [0.2, 0.25) is 0 Å². The number of alkyl halides is 6. The number of thioether (sulfide) groups is 1. The molecular weight excluding hydrogens is 409 g/mol. The van der Waals surface area contributed by atoms with Crippen LogP contribution in [-0.2, 0) is 6.18 Å². The van der Waals surface area contributed by atoms with E-state index in [0.717, 1.165) is 18.2 Å². The van der Waals surface area contributed by atoms with E-state index in [-0.39, 0.29) is 10.6 Å². The van der Waals surface area contributed by atoms with Gasteiger partial charge in [-0.05, 0) is 49.4 Å². The van der Waals surface area contributed by atoms with E-state index < -0.39 is 35.7 Å². The summed E-state index contributed by atoms with van der Waals surface area (Å²) in [7, 11) is 1.51. The van der Waals surface area contributed by atoms with Gasteiger partial charge in [0.05, 0.1) is 17.0 Å². The lowest BCUT2D eigenvalue weighted by atomic mass is 10.1. The van der Waals surface area contributed by atoms with Crippen molar-refractivity contribution in [2.45, 2.75) is 30.3 Å². The maximum absolute atomic E-state index is 14.3. The SMILES string of the molecule is CNC(Nc1cc(SCC(F)(F)F)c(C)cc1F)c1ccc(C(F)(F)F)cc1. The Hall–Kier alpha value is -1.94. The molecule has 0 bridgehead atoms. The molecular formula is C18H17F7N2S. The summed E-state index contributed by atoms with van der Waals surface area (Å²) in [5.74, 6) is -1.80. The predicted octanol–water partition coefficient (Wildman–Crippen LogP) is 6.14. The Balaban J connectivity index is 2.24. The standard InChI is InChI=1S/C18H17F7N2S/c1-10-7-13(19)14(8-15(10)28-9-17(20,21)22)27-16(26-2)11-3-5-12(6-4-11)18(23,24)25/h3-8,16,26-27H,9H2,1-2H3. The molecule has 0 aliphatic carbocycles. The monoisotopic (exact) mass is 426 g/mol. The number of hydrogen-bond donors (Lipinski definition) is 2. The van der Waals surface area contributed by atoms with Crippen LogP contribution in [0.1, 0.15) is 22.9 Å². The highest BCUT2D eigenvalue weighted by Gasteiger charge is 2.30. The van der Waals surface area contributed by atoms with Crippen molar-refractivity contribution in [3.63, 3.8) is 0 Å². The topological polar surface area (TPSA) is 24.1 Å². The number of halogens is 7. The number of anilines is 1. The molecule has 0 saturated carbocycles. The van der Waals surface area contributed by atoms with Gasteiger partial charge in [0.15, 0.2) is 0 Å². The summed E-state index contributed by atoms with van der Waals surface area (Å²) in [4.78, 5) is 0.253. The number of rotatable bonds is 6. The fourth-order valence-electron chi connectivity index (χ4n) is 2.42. The van der Waals surface area contributed by atoms with Crippen molar-refractivity contribution in [1.29, 1.82) is 0 Å². The first-order valence-corrected chi connectivity index (χ1v) is 9.00. The number of benzene rings is 2. The van der Waals surface area contributed by atoms with E-state index >= 15 is 0 Å². The molecule has 2 rings (SSSR count). The van der Waals surface area contributed by atoms with Crippen LogP contribution in [0.3, 0.4) is 0 Å². The van der Waals surface area contributed by atoms with Crippen molar-refractivity contribution in [2.24, 2.45) is 0 Å². The molecule has 1 unspecified atom stereocenters. The summed E-state index contributed by atoms with van der Waals surface area (Å²) in [6.45, 7) is 1.50. The van der Waals surface area contributed by atoms with Gasteiger partial charge >= 0.3 is 12.4 Å². The van der Waals surface area contributed by atoms with Gasteiger partial charge in [-0.3, -0.25) is 5.32 Å². The minimum Gasteiger partial charge on any atom is -0.364 e. The van der Waals surface area contributed by atoms with E-state index in [9.17, 15) is 30.7 Å². The fraction of sp³-hybridized carbons (Fsp3) is 0.333. The highest BCUT2D eigenvalue weighted by molar-refractivity contribution is 7.99. The lowest BCUT2D eigenvalue weighted by Gasteiger charge is -2.22. The zero-order chi connectivity index (χ0) is 21.1. The Morgan fingerprint density at radius 1 is 1.00 bits per heavy atom. The van der Waals surface area contributed by atoms with Gasteiger partial charge in [0.1, 0.15) is 12.0 Å². The first-order chi connectivity index (χ1) is 12.9.